The minimum Gasteiger partial charge on any atom is -0.393 e. The van der Waals surface area contributed by atoms with E-state index in [1.165, 1.54) is 12.8 Å². The minimum absolute atomic E-state index is 0.0431. The second kappa shape index (κ2) is 5.41. The molecule has 108 valence electrons. The highest BCUT2D eigenvalue weighted by Gasteiger charge is 2.44. The summed E-state index contributed by atoms with van der Waals surface area (Å²) in [7, 11) is 0. The summed E-state index contributed by atoms with van der Waals surface area (Å²) in [6.45, 7) is 3.89. The Morgan fingerprint density at radius 3 is 2.63 bits per heavy atom. The van der Waals surface area contributed by atoms with Crippen LogP contribution >= 0.6 is 0 Å². The fourth-order valence-corrected chi connectivity index (χ4v) is 4.15. The van der Waals surface area contributed by atoms with E-state index in [1.54, 1.807) is 0 Å². The summed E-state index contributed by atoms with van der Waals surface area (Å²) >= 11 is 0. The largest absolute Gasteiger partial charge is 0.393 e. The molecule has 3 rings (SSSR count). The van der Waals surface area contributed by atoms with Crippen LogP contribution in [0.5, 0.6) is 0 Å². The number of hydrogen-bond acceptors (Lipinski definition) is 3. The average Bonchev–Trinajstić information content (AvgIpc) is 3.08. The van der Waals surface area contributed by atoms with Gasteiger partial charge >= 0.3 is 0 Å². The highest BCUT2D eigenvalue weighted by molar-refractivity contribution is 5.81. The maximum Gasteiger partial charge on any atom is 0.237 e. The van der Waals surface area contributed by atoms with Gasteiger partial charge in [-0.2, -0.15) is 0 Å². The Morgan fingerprint density at radius 1 is 1.21 bits per heavy atom. The number of rotatable bonds is 3. The first kappa shape index (κ1) is 13.4. The van der Waals surface area contributed by atoms with Gasteiger partial charge in [-0.15, -0.1) is 0 Å². The molecule has 2 N–H and O–H groups in total. The van der Waals surface area contributed by atoms with Crippen molar-refractivity contribution in [3.8, 4) is 0 Å². The first-order valence-electron chi connectivity index (χ1n) is 7.87. The lowest BCUT2D eigenvalue weighted by Crippen LogP contribution is -2.47. The summed E-state index contributed by atoms with van der Waals surface area (Å²) in [5, 5.41) is 13.1. The van der Waals surface area contributed by atoms with Crippen LogP contribution in [-0.4, -0.2) is 47.2 Å². The Balaban J connectivity index is 1.53. The molecular formula is C15H26N2O2. The molecule has 4 heteroatoms. The van der Waals surface area contributed by atoms with Gasteiger partial charge < -0.3 is 10.4 Å². The highest BCUT2D eigenvalue weighted by atomic mass is 16.3. The maximum atomic E-state index is 12.3. The molecule has 1 amide bonds. The first-order valence-corrected chi connectivity index (χ1v) is 7.87. The number of carbonyl (C=O) groups is 1. The number of hydrogen-bond donors (Lipinski definition) is 2. The number of likely N-dealkylation sites (tertiary alicyclic amines) is 1. The van der Waals surface area contributed by atoms with Gasteiger partial charge in [0.15, 0.2) is 0 Å². The van der Waals surface area contributed by atoms with Crippen LogP contribution in [0.15, 0.2) is 0 Å². The fourth-order valence-electron chi connectivity index (χ4n) is 4.15. The van der Waals surface area contributed by atoms with E-state index >= 15 is 0 Å². The number of nitrogens with zero attached hydrogens (tertiary/aromatic N) is 1. The molecule has 19 heavy (non-hydrogen) atoms. The van der Waals surface area contributed by atoms with Crippen molar-refractivity contribution in [3.05, 3.63) is 0 Å². The summed E-state index contributed by atoms with van der Waals surface area (Å²) < 4.78 is 0. The molecule has 3 aliphatic rings. The lowest BCUT2D eigenvalue weighted by atomic mass is 10.00. The quantitative estimate of drug-likeness (QED) is 0.805. The molecule has 2 aliphatic carbocycles. The molecule has 0 aromatic rings. The van der Waals surface area contributed by atoms with Crippen LogP contribution in [0.25, 0.3) is 0 Å². The van der Waals surface area contributed by atoms with E-state index in [-0.39, 0.29) is 18.1 Å². The Bertz CT molecular complexity index is 341. The van der Waals surface area contributed by atoms with Crippen LogP contribution in [0.4, 0.5) is 0 Å². The molecule has 1 aliphatic heterocycles. The lowest BCUT2D eigenvalue weighted by molar-refractivity contribution is -0.126. The van der Waals surface area contributed by atoms with E-state index in [4.69, 9.17) is 0 Å². The third-order valence-corrected chi connectivity index (χ3v) is 5.48. The normalized spacial score (nSPS) is 37.5. The van der Waals surface area contributed by atoms with Gasteiger partial charge in [0.25, 0.3) is 0 Å². The highest BCUT2D eigenvalue weighted by Crippen LogP contribution is 2.38. The second-order valence-corrected chi connectivity index (χ2v) is 6.69. The summed E-state index contributed by atoms with van der Waals surface area (Å²) in [5.74, 6) is 1.19. The van der Waals surface area contributed by atoms with Crippen LogP contribution in [0, 0.1) is 11.8 Å². The third-order valence-electron chi connectivity index (χ3n) is 5.48. The molecule has 2 saturated carbocycles. The van der Waals surface area contributed by atoms with Crippen LogP contribution in [0.1, 0.15) is 45.4 Å². The topological polar surface area (TPSA) is 52.6 Å². The fraction of sp³-hybridized carbons (Fsp3) is 0.933. The average molecular weight is 266 g/mol. The molecule has 4 nitrogen and oxygen atoms in total. The Labute approximate surface area is 115 Å². The van der Waals surface area contributed by atoms with Crippen molar-refractivity contribution >= 4 is 5.91 Å². The van der Waals surface area contributed by atoms with Crippen molar-refractivity contribution in [2.24, 2.45) is 11.8 Å². The monoisotopic (exact) mass is 266 g/mol. The molecular weight excluding hydrogens is 240 g/mol. The summed E-state index contributed by atoms with van der Waals surface area (Å²) in [5.41, 5.74) is 0. The van der Waals surface area contributed by atoms with Gasteiger partial charge in [-0.3, -0.25) is 9.69 Å². The molecule has 0 bridgehead atoms. The van der Waals surface area contributed by atoms with Crippen molar-refractivity contribution in [1.29, 1.82) is 0 Å². The lowest BCUT2D eigenvalue weighted by Gasteiger charge is -2.26. The SMILES string of the molecule is CC(C(=O)NC1CCCC1)N1CC2CCC(O)C2C1. The van der Waals surface area contributed by atoms with E-state index < -0.39 is 0 Å². The van der Waals surface area contributed by atoms with Gasteiger partial charge in [-0.25, -0.2) is 0 Å². The molecule has 3 fully saturated rings. The predicted octanol–water partition coefficient (Wildman–Crippen LogP) is 1.14. The van der Waals surface area contributed by atoms with Gasteiger partial charge in [-0.05, 0) is 38.5 Å². The van der Waals surface area contributed by atoms with E-state index in [0.29, 0.717) is 17.9 Å². The molecule has 0 spiro atoms. The number of nitrogens with one attached hydrogen (secondary N) is 1. The summed E-state index contributed by atoms with van der Waals surface area (Å²) in [6.07, 6.45) is 6.72. The van der Waals surface area contributed by atoms with Crippen molar-refractivity contribution in [2.45, 2.75) is 63.6 Å². The molecule has 0 radical (unpaired) electrons. The number of aliphatic hydroxyl groups excluding tert-OH is 1. The number of amides is 1. The molecule has 1 heterocycles. The zero-order valence-electron chi connectivity index (χ0n) is 11.8. The Kier molecular flexibility index (Phi) is 3.81. The van der Waals surface area contributed by atoms with Gasteiger partial charge in [0, 0.05) is 25.0 Å². The zero-order valence-corrected chi connectivity index (χ0v) is 11.8. The van der Waals surface area contributed by atoms with Crippen LogP contribution in [0.2, 0.25) is 0 Å². The Hall–Kier alpha value is -0.610. The van der Waals surface area contributed by atoms with Crippen molar-refractivity contribution in [3.63, 3.8) is 0 Å². The predicted molar refractivity (Wildman–Crippen MR) is 73.7 cm³/mol. The number of carbonyl (C=O) groups excluding carboxylic acids is 1. The molecule has 0 aromatic carbocycles. The maximum absolute atomic E-state index is 12.3. The van der Waals surface area contributed by atoms with Gasteiger partial charge in [0.05, 0.1) is 12.1 Å². The Morgan fingerprint density at radius 2 is 1.95 bits per heavy atom. The summed E-state index contributed by atoms with van der Waals surface area (Å²) in [4.78, 5) is 14.5. The number of fused-ring (bicyclic) bond motifs is 1. The van der Waals surface area contributed by atoms with Gasteiger partial charge in [-0.1, -0.05) is 12.8 Å². The molecule has 4 unspecified atom stereocenters. The van der Waals surface area contributed by atoms with Gasteiger partial charge in [0.1, 0.15) is 0 Å². The van der Waals surface area contributed by atoms with E-state index in [1.807, 2.05) is 6.92 Å². The standard InChI is InChI=1S/C15H26N2O2/c1-10(15(19)16-12-4-2-3-5-12)17-8-11-6-7-14(18)13(11)9-17/h10-14,18H,2-9H2,1H3,(H,16,19). The van der Waals surface area contributed by atoms with Crippen LogP contribution in [0.3, 0.4) is 0 Å². The van der Waals surface area contributed by atoms with E-state index in [9.17, 15) is 9.90 Å². The van der Waals surface area contributed by atoms with Gasteiger partial charge in [0.2, 0.25) is 5.91 Å². The smallest absolute Gasteiger partial charge is 0.237 e. The minimum atomic E-state index is -0.139. The van der Waals surface area contributed by atoms with Crippen LogP contribution in [-0.2, 0) is 4.79 Å². The first-order chi connectivity index (χ1) is 9.15. The van der Waals surface area contributed by atoms with Crippen LogP contribution < -0.4 is 5.32 Å². The molecule has 1 saturated heterocycles. The number of aliphatic hydroxyl groups is 1. The summed E-state index contributed by atoms with van der Waals surface area (Å²) in [6, 6.07) is 0.362. The van der Waals surface area contributed by atoms with Crippen molar-refractivity contribution in [2.75, 3.05) is 13.1 Å². The molecule has 4 atom stereocenters. The van der Waals surface area contributed by atoms with Crippen molar-refractivity contribution in [1.82, 2.24) is 10.2 Å². The van der Waals surface area contributed by atoms with Crippen molar-refractivity contribution < 1.29 is 9.90 Å². The third kappa shape index (κ3) is 2.65. The molecule has 0 aromatic heterocycles. The van der Waals surface area contributed by atoms with E-state index in [2.05, 4.69) is 10.2 Å². The van der Waals surface area contributed by atoms with E-state index in [0.717, 1.165) is 38.8 Å². The zero-order chi connectivity index (χ0) is 13.4. The second-order valence-electron chi connectivity index (χ2n) is 6.69.